The van der Waals surface area contributed by atoms with Gasteiger partial charge in [0.25, 0.3) is 5.91 Å². The summed E-state index contributed by atoms with van der Waals surface area (Å²) in [6.45, 7) is 3.60. The van der Waals surface area contributed by atoms with Crippen molar-refractivity contribution in [2.24, 2.45) is 0 Å². The lowest BCUT2D eigenvalue weighted by Gasteiger charge is -2.10. The van der Waals surface area contributed by atoms with Crippen LogP contribution >= 0.6 is 11.3 Å². The van der Waals surface area contributed by atoms with Crippen molar-refractivity contribution in [3.8, 4) is 0 Å². The zero-order valence-corrected chi connectivity index (χ0v) is 14.2. The van der Waals surface area contributed by atoms with E-state index in [4.69, 9.17) is 9.26 Å². The van der Waals surface area contributed by atoms with Crippen LogP contribution in [-0.4, -0.2) is 23.2 Å². The third-order valence-electron chi connectivity index (χ3n) is 3.52. The number of halogens is 1. The van der Waals surface area contributed by atoms with Crippen LogP contribution in [0.5, 0.6) is 0 Å². The Morgan fingerprint density at radius 3 is 2.96 bits per heavy atom. The van der Waals surface area contributed by atoms with E-state index in [9.17, 15) is 9.18 Å². The molecule has 0 aliphatic carbocycles. The molecule has 0 spiro atoms. The molecule has 8 heteroatoms. The molecule has 0 aliphatic heterocycles. The smallest absolute Gasteiger partial charge is 0.262 e. The number of amides is 1. The topological polar surface area (TPSA) is 77.2 Å². The molecule has 0 bridgehead atoms. The molecule has 0 radical (unpaired) electrons. The maximum atomic E-state index is 14.2. The van der Waals surface area contributed by atoms with Gasteiger partial charge in [0.1, 0.15) is 11.9 Å². The van der Waals surface area contributed by atoms with Crippen molar-refractivity contribution in [2.75, 3.05) is 7.11 Å². The van der Waals surface area contributed by atoms with Crippen LogP contribution in [0.25, 0.3) is 10.1 Å². The minimum atomic E-state index is -0.454. The number of fused-ring (bicyclic) bond motifs is 1. The van der Waals surface area contributed by atoms with E-state index in [2.05, 4.69) is 15.5 Å². The van der Waals surface area contributed by atoms with Crippen LogP contribution in [0.3, 0.4) is 0 Å². The fraction of sp³-hybridized carbons (Fsp3) is 0.312. The minimum Gasteiger partial charge on any atom is -0.380 e. The lowest BCUT2D eigenvalue weighted by molar-refractivity contribution is 0.0932. The van der Waals surface area contributed by atoms with Crippen molar-refractivity contribution in [3.05, 3.63) is 46.2 Å². The second-order valence-electron chi connectivity index (χ2n) is 5.33. The van der Waals surface area contributed by atoms with Crippen LogP contribution in [0, 0.1) is 12.7 Å². The van der Waals surface area contributed by atoms with E-state index in [0.29, 0.717) is 32.2 Å². The maximum Gasteiger partial charge on any atom is 0.262 e. The Morgan fingerprint density at radius 2 is 2.29 bits per heavy atom. The van der Waals surface area contributed by atoms with Crippen molar-refractivity contribution in [1.29, 1.82) is 0 Å². The van der Waals surface area contributed by atoms with Crippen LogP contribution in [0.4, 0.5) is 4.39 Å². The van der Waals surface area contributed by atoms with Gasteiger partial charge >= 0.3 is 0 Å². The predicted octanol–water partition coefficient (Wildman–Crippen LogP) is 3.37. The van der Waals surface area contributed by atoms with Gasteiger partial charge in [-0.05, 0) is 26.0 Å². The average molecular weight is 349 g/mol. The highest BCUT2D eigenvalue weighted by atomic mass is 32.1. The molecule has 1 aromatic carbocycles. The van der Waals surface area contributed by atoms with Crippen molar-refractivity contribution in [1.82, 2.24) is 15.5 Å². The summed E-state index contributed by atoms with van der Waals surface area (Å²) in [4.78, 5) is 17.2. The molecule has 3 aromatic rings. The summed E-state index contributed by atoms with van der Waals surface area (Å²) in [5, 5.41) is 6.94. The second kappa shape index (κ2) is 6.66. The Morgan fingerprint density at radius 1 is 1.50 bits per heavy atom. The second-order valence-corrected chi connectivity index (χ2v) is 6.38. The third kappa shape index (κ3) is 3.02. The number of hydrogen-bond acceptors (Lipinski definition) is 6. The van der Waals surface area contributed by atoms with Gasteiger partial charge < -0.3 is 14.6 Å². The number of aryl methyl sites for hydroxylation is 1. The van der Waals surface area contributed by atoms with Gasteiger partial charge in [0, 0.05) is 22.8 Å². The Hall–Kier alpha value is -2.32. The normalized spacial score (nSPS) is 12.5. The number of benzene rings is 1. The van der Waals surface area contributed by atoms with E-state index in [-0.39, 0.29) is 18.3 Å². The summed E-state index contributed by atoms with van der Waals surface area (Å²) >= 11 is 1.23. The van der Waals surface area contributed by atoms with Crippen molar-refractivity contribution < 1.29 is 18.4 Å². The molecule has 1 N–H and O–H groups in total. The SMILES string of the molecule is COCc1c(C(=O)N[C@H](C)c2nc(C)no2)sc2cccc(F)c12. The molecule has 0 unspecified atom stereocenters. The van der Waals surface area contributed by atoms with Crippen LogP contribution < -0.4 is 5.32 Å². The fourth-order valence-corrected chi connectivity index (χ4v) is 3.57. The fourth-order valence-electron chi connectivity index (χ4n) is 2.45. The zero-order chi connectivity index (χ0) is 17.3. The number of carbonyl (C=O) groups excluding carboxylic acids is 1. The minimum absolute atomic E-state index is 0.151. The highest BCUT2D eigenvalue weighted by Crippen LogP contribution is 2.34. The van der Waals surface area contributed by atoms with E-state index in [1.165, 1.54) is 24.5 Å². The number of nitrogens with zero attached hydrogens (tertiary/aromatic N) is 2. The van der Waals surface area contributed by atoms with E-state index in [1.807, 2.05) is 0 Å². The summed E-state index contributed by atoms with van der Waals surface area (Å²) in [5.41, 5.74) is 0.544. The van der Waals surface area contributed by atoms with E-state index in [0.717, 1.165) is 0 Å². The Kier molecular flexibility index (Phi) is 4.59. The van der Waals surface area contributed by atoms with Gasteiger partial charge in [-0.15, -0.1) is 11.3 Å². The number of methoxy groups -OCH3 is 1. The van der Waals surface area contributed by atoms with Gasteiger partial charge in [-0.1, -0.05) is 11.2 Å². The zero-order valence-electron chi connectivity index (χ0n) is 13.4. The molecule has 0 saturated carbocycles. The molecule has 3 rings (SSSR count). The van der Waals surface area contributed by atoms with Crippen molar-refractivity contribution in [2.45, 2.75) is 26.5 Å². The molecule has 2 aromatic heterocycles. The molecule has 0 saturated heterocycles. The molecule has 24 heavy (non-hydrogen) atoms. The first kappa shape index (κ1) is 16.5. The molecular formula is C16H16FN3O3S. The summed E-state index contributed by atoms with van der Waals surface area (Å²) in [6.07, 6.45) is 0. The molecule has 6 nitrogen and oxygen atoms in total. The molecule has 1 atom stereocenters. The quantitative estimate of drug-likeness (QED) is 0.764. The van der Waals surface area contributed by atoms with Gasteiger partial charge in [0.15, 0.2) is 5.82 Å². The number of hydrogen-bond donors (Lipinski definition) is 1. The molecule has 2 heterocycles. The Balaban J connectivity index is 1.94. The molecule has 1 amide bonds. The maximum absolute atomic E-state index is 14.2. The van der Waals surface area contributed by atoms with E-state index >= 15 is 0 Å². The Labute approximate surface area is 141 Å². The number of thiophene rings is 1. The summed E-state index contributed by atoms with van der Waals surface area (Å²) in [6, 6.07) is 4.32. The van der Waals surface area contributed by atoms with Crippen LogP contribution in [0.2, 0.25) is 0 Å². The summed E-state index contributed by atoms with van der Waals surface area (Å²) in [5.74, 6) is 0.123. The van der Waals surface area contributed by atoms with Crippen molar-refractivity contribution >= 4 is 27.3 Å². The Bertz CT molecular complexity index is 890. The molecular weight excluding hydrogens is 333 g/mol. The number of carbonyl (C=O) groups is 1. The molecule has 126 valence electrons. The third-order valence-corrected chi connectivity index (χ3v) is 4.72. The average Bonchev–Trinajstić information content (AvgIpc) is 3.13. The first-order valence-corrected chi connectivity index (χ1v) is 8.12. The van der Waals surface area contributed by atoms with Gasteiger partial charge in [0.2, 0.25) is 5.89 Å². The van der Waals surface area contributed by atoms with Crippen LogP contribution in [0.1, 0.15) is 39.9 Å². The monoisotopic (exact) mass is 349 g/mol. The van der Waals surface area contributed by atoms with Crippen LogP contribution in [0.15, 0.2) is 22.7 Å². The van der Waals surface area contributed by atoms with Crippen molar-refractivity contribution in [3.63, 3.8) is 0 Å². The van der Waals surface area contributed by atoms with Gasteiger partial charge in [-0.25, -0.2) is 4.39 Å². The predicted molar refractivity (Wildman–Crippen MR) is 87.4 cm³/mol. The van der Waals surface area contributed by atoms with E-state index in [1.54, 1.807) is 26.0 Å². The lowest BCUT2D eigenvalue weighted by Crippen LogP contribution is -2.27. The van der Waals surface area contributed by atoms with E-state index < -0.39 is 6.04 Å². The van der Waals surface area contributed by atoms with Gasteiger partial charge in [0.05, 0.1) is 11.5 Å². The number of aromatic nitrogens is 2. The number of ether oxygens (including phenoxy) is 1. The highest BCUT2D eigenvalue weighted by molar-refractivity contribution is 7.21. The standard InChI is InChI=1S/C16H16FN3O3S/c1-8(16-19-9(2)20-23-16)18-15(21)14-10(7-22-3)13-11(17)5-4-6-12(13)24-14/h4-6,8H,7H2,1-3H3,(H,18,21)/t8-/m1/s1. The largest absolute Gasteiger partial charge is 0.380 e. The summed E-state index contributed by atoms with van der Waals surface area (Å²) < 4.78 is 25.1. The van der Waals surface area contributed by atoms with Crippen LogP contribution in [-0.2, 0) is 11.3 Å². The first-order valence-electron chi connectivity index (χ1n) is 7.31. The number of nitrogens with one attached hydrogen (secondary N) is 1. The first-order chi connectivity index (χ1) is 11.5. The lowest BCUT2D eigenvalue weighted by atomic mass is 10.1. The summed E-state index contributed by atoms with van der Waals surface area (Å²) in [7, 11) is 1.51. The molecule has 0 fully saturated rings. The number of rotatable bonds is 5. The van der Waals surface area contributed by atoms with Gasteiger partial charge in [-0.3, -0.25) is 4.79 Å². The van der Waals surface area contributed by atoms with Gasteiger partial charge in [-0.2, -0.15) is 4.98 Å². The molecule has 0 aliphatic rings. The highest BCUT2D eigenvalue weighted by Gasteiger charge is 2.23.